The summed E-state index contributed by atoms with van der Waals surface area (Å²) < 4.78 is 0. The van der Waals surface area contributed by atoms with Crippen LogP contribution >= 0.6 is 11.6 Å². The molecular weight excluding hydrogens is 268 g/mol. The zero-order chi connectivity index (χ0) is 14.0. The predicted octanol–water partition coefficient (Wildman–Crippen LogP) is 2.07. The maximum Gasteiger partial charge on any atom is 0.335 e. The van der Waals surface area contributed by atoms with Crippen LogP contribution in [0.25, 0.3) is 0 Å². The van der Waals surface area contributed by atoms with Gasteiger partial charge in [0.25, 0.3) is 0 Å². The lowest BCUT2D eigenvalue weighted by Gasteiger charge is -2.15. The average Bonchev–Trinajstić information content (AvgIpc) is 3.15. The average molecular weight is 283 g/mol. The molecule has 102 valence electrons. The minimum atomic E-state index is -1.05. The van der Waals surface area contributed by atoms with Gasteiger partial charge in [-0.2, -0.15) is 0 Å². The Kier molecular flexibility index (Phi) is 4.07. The predicted molar refractivity (Wildman–Crippen MR) is 72.7 cm³/mol. The maximum atomic E-state index is 11.8. The van der Waals surface area contributed by atoms with Crippen LogP contribution in [0.1, 0.15) is 23.2 Å². The lowest BCUT2D eigenvalue weighted by Crippen LogP contribution is -2.31. The number of amides is 1. The minimum absolute atomic E-state index is 0.0928. The van der Waals surface area contributed by atoms with Crippen LogP contribution in [-0.2, 0) is 4.79 Å². The van der Waals surface area contributed by atoms with Gasteiger partial charge >= 0.3 is 5.97 Å². The summed E-state index contributed by atoms with van der Waals surface area (Å²) >= 11 is 5.94. The fourth-order valence-electron chi connectivity index (χ4n) is 1.81. The zero-order valence-electron chi connectivity index (χ0n) is 10.5. The van der Waals surface area contributed by atoms with Crippen LogP contribution in [0, 0.1) is 0 Å². The van der Waals surface area contributed by atoms with Crippen molar-refractivity contribution < 1.29 is 14.7 Å². The Balaban J connectivity index is 2.02. The van der Waals surface area contributed by atoms with Gasteiger partial charge in [0.2, 0.25) is 5.91 Å². The number of hydrogen-bond donors (Lipinski definition) is 2. The van der Waals surface area contributed by atoms with Crippen molar-refractivity contribution in [3.8, 4) is 0 Å². The molecule has 5 nitrogen and oxygen atoms in total. The lowest BCUT2D eigenvalue weighted by atomic mass is 10.2. The number of nitrogens with one attached hydrogen (secondary N) is 1. The second-order valence-electron chi connectivity index (χ2n) is 4.69. The highest BCUT2D eigenvalue weighted by molar-refractivity contribution is 6.33. The van der Waals surface area contributed by atoms with Crippen LogP contribution in [0.2, 0.25) is 5.02 Å². The Morgan fingerprint density at radius 2 is 2.16 bits per heavy atom. The van der Waals surface area contributed by atoms with Crippen molar-refractivity contribution in [2.75, 3.05) is 18.9 Å². The number of carboxylic acid groups (broad SMARTS) is 1. The third-order valence-electron chi connectivity index (χ3n) is 3.05. The molecule has 0 bridgehead atoms. The van der Waals surface area contributed by atoms with E-state index in [1.165, 1.54) is 18.2 Å². The number of carbonyl (C=O) groups excluding carboxylic acids is 1. The summed E-state index contributed by atoms with van der Waals surface area (Å²) in [6.07, 6.45) is 2.25. The molecule has 0 saturated heterocycles. The Morgan fingerprint density at radius 1 is 1.47 bits per heavy atom. The Bertz CT molecular complexity index is 515. The van der Waals surface area contributed by atoms with E-state index in [2.05, 4.69) is 5.32 Å². The van der Waals surface area contributed by atoms with Gasteiger partial charge in [-0.25, -0.2) is 4.79 Å². The quantitative estimate of drug-likeness (QED) is 0.867. The number of likely N-dealkylation sites (N-methyl/N-ethyl adjacent to an activating group) is 1. The van der Waals surface area contributed by atoms with E-state index in [0.717, 1.165) is 12.8 Å². The van der Waals surface area contributed by atoms with Gasteiger partial charge in [-0.15, -0.1) is 0 Å². The van der Waals surface area contributed by atoms with Crippen LogP contribution in [0.4, 0.5) is 5.69 Å². The number of benzene rings is 1. The number of anilines is 1. The molecule has 1 amide bonds. The molecule has 0 unspecified atom stereocenters. The smallest absolute Gasteiger partial charge is 0.335 e. The second kappa shape index (κ2) is 5.59. The van der Waals surface area contributed by atoms with Crippen molar-refractivity contribution in [2.24, 2.45) is 0 Å². The minimum Gasteiger partial charge on any atom is -0.478 e. The first-order chi connectivity index (χ1) is 8.97. The third-order valence-corrected chi connectivity index (χ3v) is 3.38. The van der Waals surface area contributed by atoms with Crippen LogP contribution < -0.4 is 5.32 Å². The largest absolute Gasteiger partial charge is 0.478 e. The van der Waals surface area contributed by atoms with Crippen LogP contribution in [0.3, 0.4) is 0 Å². The van der Waals surface area contributed by atoms with Gasteiger partial charge in [0.05, 0.1) is 22.8 Å². The summed E-state index contributed by atoms with van der Waals surface area (Å²) in [6, 6.07) is 4.72. The fraction of sp³-hybridized carbons (Fsp3) is 0.385. The molecule has 1 fully saturated rings. The van der Waals surface area contributed by atoms with E-state index >= 15 is 0 Å². The summed E-state index contributed by atoms with van der Waals surface area (Å²) in [4.78, 5) is 24.7. The van der Waals surface area contributed by atoms with Crippen LogP contribution in [-0.4, -0.2) is 41.5 Å². The molecule has 1 aromatic carbocycles. The summed E-state index contributed by atoms with van der Waals surface area (Å²) in [6.45, 7) is 0.276. The van der Waals surface area contributed by atoms with Crippen molar-refractivity contribution >= 4 is 29.2 Å². The number of carbonyl (C=O) groups is 2. The topological polar surface area (TPSA) is 69.6 Å². The van der Waals surface area contributed by atoms with Crippen molar-refractivity contribution in [3.05, 3.63) is 28.8 Å². The molecule has 1 aliphatic carbocycles. The number of nitrogens with zero attached hydrogens (tertiary/aromatic N) is 1. The van der Waals surface area contributed by atoms with Gasteiger partial charge in [-0.05, 0) is 38.1 Å². The highest BCUT2D eigenvalue weighted by atomic mass is 35.5. The fourth-order valence-corrected chi connectivity index (χ4v) is 1.98. The molecule has 2 rings (SSSR count). The molecule has 0 spiro atoms. The van der Waals surface area contributed by atoms with Gasteiger partial charge in [0.1, 0.15) is 0 Å². The van der Waals surface area contributed by atoms with E-state index < -0.39 is 5.97 Å². The van der Waals surface area contributed by atoms with Gasteiger partial charge in [-0.1, -0.05) is 11.6 Å². The standard InChI is InChI=1S/C13H15ClN2O3/c1-16(9-3-4-9)7-12(17)15-11-6-8(13(18)19)2-5-10(11)14/h2,5-6,9H,3-4,7H2,1H3,(H,15,17)(H,18,19). The number of rotatable bonds is 5. The van der Waals surface area contributed by atoms with Crippen LogP contribution in [0.5, 0.6) is 0 Å². The number of aromatic carboxylic acids is 1. The number of halogens is 1. The monoisotopic (exact) mass is 282 g/mol. The Labute approximate surface area is 116 Å². The van der Waals surface area contributed by atoms with E-state index in [-0.39, 0.29) is 18.0 Å². The zero-order valence-corrected chi connectivity index (χ0v) is 11.3. The van der Waals surface area contributed by atoms with Crippen molar-refractivity contribution in [3.63, 3.8) is 0 Å². The molecule has 0 atom stereocenters. The van der Waals surface area contributed by atoms with Crippen molar-refractivity contribution in [2.45, 2.75) is 18.9 Å². The van der Waals surface area contributed by atoms with Gasteiger partial charge in [0.15, 0.2) is 0 Å². The van der Waals surface area contributed by atoms with Crippen molar-refractivity contribution in [1.82, 2.24) is 4.90 Å². The molecule has 1 aliphatic rings. The molecule has 6 heteroatoms. The Hall–Kier alpha value is -1.59. The molecule has 0 aliphatic heterocycles. The molecule has 0 heterocycles. The number of carboxylic acids is 1. The summed E-state index contributed by atoms with van der Waals surface area (Å²) in [5.74, 6) is -1.25. The summed E-state index contributed by atoms with van der Waals surface area (Å²) in [5.41, 5.74) is 0.422. The summed E-state index contributed by atoms with van der Waals surface area (Å²) in [7, 11) is 1.90. The van der Waals surface area contributed by atoms with Crippen LogP contribution in [0.15, 0.2) is 18.2 Å². The number of hydrogen-bond acceptors (Lipinski definition) is 3. The second-order valence-corrected chi connectivity index (χ2v) is 5.10. The van der Waals surface area contributed by atoms with Gasteiger partial charge in [-0.3, -0.25) is 9.69 Å². The third kappa shape index (κ3) is 3.68. The highest BCUT2D eigenvalue weighted by Gasteiger charge is 2.27. The SMILES string of the molecule is CN(CC(=O)Nc1cc(C(=O)O)ccc1Cl)C1CC1. The first kappa shape index (κ1) is 13.8. The molecular formula is C13H15ClN2O3. The maximum absolute atomic E-state index is 11.8. The van der Waals surface area contributed by atoms with E-state index in [1.54, 1.807) is 0 Å². The molecule has 0 radical (unpaired) electrons. The molecule has 1 saturated carbocycles. The van der Waals surface area contributed by atoms with Crippen molar-refractivity contribution in [1.29, 1.82) is 0 Å². The van der Waals surface area contributed by atoms with Gasteiger partial charge < -0.3 is 10.4 Å². The molecule has 0 aromatic heterocycles. The molecule has 2 N–H and O–H groups in total. The molecule has 19 heavy (non-hydrogen) atoms. The van der Waals surface area contributed by atoms with E-state index in [1.807, 2.05) is 11.9 Å². The normalized spacial score (nSPS) is 14.5. The molecule has 1 aromatic rings. The van der Waals surface area contributed by atoms with Gasteiger partial charge in [0, 0.05) is 6.04 Å². The Morgan fingerprint density at radius 3 is 2.74 bits per heavy atom. The van der Waals surface area contributed by atoms with E-state index in [9.17, 15) is 9.59 Å². The lowest BCUT2D eigenvalue weighted by molar-refractivity contribution is -0.117. The first-order valence-electron chi connectivity index (χ1n) is 6.00. The highest BCUT2D eigenvalue weighted by Crippen LogP contribution is 2.26. The van der Waals surface area contributed by atoms with E-state index in [4.69, 9.17) is 16.7 Å². The first-order valence-corrected chi connectivity index (χ1v) is 6.38. The van der Waals surface area contributed by atoms with E-state index in [0.29, 0.717) is 16.8 Å². The summed E-state index contributed by atoms with van der Waals surface area (Å²) in [5, 5.41) is 11.9.